The molecule has 0 spiro atoms. The van der Waals surface area contributed by atoms with Crippen molar-refractivity contribution in [3.8, 4) is 0 Å². The molecule has 0 saturated heterocycles. The molecule has 1 amide bonds. The van der Waals surface area contributed by atoms with Gasteiger partial charge in [0.15, 0.2) is 0 Å². The van der Waals surface area contributed by atoms with Crippen LogP contribution in [-0.2, 0) is 9.53 Å². The highest BCUT2D eigenvalue weighted by molar-refractivity contribution is 5.75. The summed E-state index contributed by atoms with van der Waals surface area (Å²) in [7, 11) is 1.63. The van der Waals surface area contributed by atoms with Crippen LogP contribution >= 0.6 is 0 Å². The number of methoxy groups -OCH3 is 1. The molecule has 0 unspecified atom stereocenters. The van der Waals surface area contributed by atoms with Crippen molar-refractivity contribution in [1.82, 2.24) is 10.6 Å². The Balaban J connectivity index is 3.15. The Morgan fingerprint density at radius 3 is 2.62 bits per heavy atom. The van der Waals surface area contributed by atoms with Gasteiger partial charge >= 0.3 is 0 Å². The summed E-state index contributed by atoms with van der Waals surface area (Å²) in [5, 5.41) is 6.06. The minimum Gasteiger partial charge on any atom is -0.383 e. The molecule has 4 nitrogen and oxygen atoms in total. The first kappa shape index (κ1) is 15.4. The summed E-state index contributed by atoms with van der Waals surface area (Å²) in [5.41, 5.74) is 0. The lowest BCUT2D eigenvalue weighted by molar-refractivity contribution is -0.121. The van der Waals surface area contributed by atoms with Crippen molar-refractivity contribution < 1.29 is 9.53 Å². The Morgan fingerprint density at radius 2 is 2.00 bits per heavy atom. The van der Waals surface area contributed by atoms with Crippen molar-refractivity contribution in [2.75, 3.05) is 33.4 Å². The summed E-state index contributed by atoms with van der Waals surface area (Å²) in [5.74, 6) is 0.854. The predicted molar refractivity (Wildman–Crippen MR) is 66.4 cm³/mol. The zero-order valence-corrected chi connectivity index (χ0v) is 10.8. The molecule has 4 heteroatoms. The first-order chi connectivity index (χ1) is 7.66. The van der Waals surface area contributed by atoms with Gasteiger partial charge in [0.25, 0.3) is 0 Å². The van der Waals surface area contributed by atoms with Crippen LogP contribution in [-0.4, -0.2) is 39.3 Å². The van der Waals surface area contributed by atoms with Gasteiger partial charge in [-0.25, -0.2) is 0 Å². The van der Waals surface area contributed by atoms with Crippen LogP contribution in [0, 0.1) is 5.92 Å². The molecule has 0 aliphatic heterocycles. The lowest BCUT2D eigenvalue weighted by Gasteiger charge is -2.07. The summed E-state index contributed by atoms with van der Waals surface area (Å²) in [6.45, 7) is 7.39. The maximum Gasteiger partial charge on any atom is 0.221 e. The van der Waals surface area contributed by atoms with E-state index in [1.54, 1.807) is 7.11 Å². The number of amides is 1. The van der Waals surface area contributed by atoms with Crippen molar-refractivity contribution >= 4 is 5.91 Å². The monoisotopic (exact) mass is 230 g/mol. The number of ether oxygens (including phenoxy) is 1. The highest BCUT2D eigenvalue weighted by Gasteiger charge is 1.99. The second-order valence-corrected chi connectivity index (χ2v) is 4.38. The third-order valence-corrected chi connectivity index (χ3v) is 2.29. The van der Waals surface area contributed by atoms with Gasteiger partial charge in [-0.1, -0.05) is 13.8 Å². The Hall–Kier alpha value is -0.610. The molecule has 0 aromatic heterocycles. The molecule has 0 aromatic carbocycles. The number of hydrogen-bond donors (Lipinski definition) is 2. The van der Waals surface area contributed by atoms with E-state index in [1.165, 1.54) is 12.8 Å². The van der Waals surface area contributed by atoms with Crippen LogP contribution in [0.4, 0.5) is 0 Å². The molecule has 96 valence electrons. The number of carbonyl (C=O) groups is 1. The number of carbonyl (C=O) groups excluding carboxylic acids is 1. The van der Waals surface area contributed by atoms with Gasteiger partial charge in [0.1, 0.15) is 0 Å². The van der Waals surface area contributed by atoms with Gasteiger partial charge < -0.3 is 15.4 Å². The Bertz CT molecular complexity index is 172. The fourth-order valence-corrected chi connectivity index (χ4v) is 1.34. The summed E-state index contributed by atoms with van der Waals surface area (Å²) < 4.78 is 4.84. The smallest absolute Gasteiger partial charge is 0.221 e. The summed E-state index contributed by atoms with van der Waals surface area (Å²) in [6.07, 6.45) is 2.97. The molecule has 2 N–H and O–H groups in total. The van der Waals surface area contributed by atoms with Crippen LogP contribution in [0.1, 0.15) is 33.1 Å². The topological polar surface area (TPSA) is 50.4 Å². The zero-order chi connectivity index (χ0) is 12.2. The summed E-state index contributed by atoms with van der Waals surface area (Å²) >= 11 is 0. The molecule has 0 radical (unpaired) electrons. The van der Waals surface area contributed by atoms with Crippen molar-refractivity contribution in [1.29, 1.82) is 0 Å². The third-order valence-electron chi connectivity index (χ3n) is 2.29. The van der Waals surface area contributed by atoms with Crippen molar-refractivity contribution in [2.45, 2.75) is 33.1 Å². The van der Waals surface area contributed by atoms with E-state index >= 15 is 0 Å². The Morgan fingerprint density at radius 1 is 1.25 bits per heavy atom. The molecule has 0 aliphatic carbocycles. The average molecular weight is 230 g/mol. The standard InChI is InChI=1S/C12H26N2O2/c1-11(2)5-4-7-13-8-6-12(15)14-9-10-16-3/h11,13H,4-10H2,1-3H3,(H,14,15). The van der Waals surface area contributed by atoms with E-state index < -0.39 is 0 Å². The molecule has 0 rings (SSSR count). The van der Waals surface area contributed by atoms with Gasteiger partial charge in [0.2, 0.25) is 5.91 Å². The molecular weight excluding hydrogens is 204 g/mol. The number of nitrogens with one attached hydrogen (secondary N) is 2. The number of rotatable bonds is 10. The molecule has 0 heterocycles. The minimum atomic E-state index is 0.0911. The second kappa shape index (κ2) is 10.9. The van der Waals surface area contributed by atoms with E-state index in [0.717, 1.165) is 19.0 Å². The van der Waals surface area contributed by atoms with Gasteiger partial charge in [0, 0.05) is 26.6 Å². The minimum absolute atomic E-state index is 0.0911. The molecule has 0 aromatic rings. The van der Waals surface area contributed by atoms with Crippen molar-refractivity contribution in [2.24, 2.45) is 5.92 Å². The van der Waals surface area contributed by atoms with Crippen LogP contribution in [0.3, 0.4) is 0 Å². The van der Waals surface area contributed by atoms with Gasteiger partial charge in [-0.2, -0.15) is 0 Å². The quantitative estimate of drug-likeness (QED) is 0.554. The molecule has 0 aliphatic rings. The van der Waals surface area contributed by atoms with Crippen molar-refractivity contribution in [3.05, 3.63) is 0 Å². The normalized spacial score (nSPS) is 10.8. The molecular formula is C12H26N2O2. The second-order valence-electron chi connectivity index (χ2n) is 4.38. The SMILES string of the molecule is COCCNC(=O)CCNCCCC(C)C. The highest BCUT2D eigenvalue weighted by Crippen LogP contribution is 2.01. The van der Waals surface area contributed by atoms with Crippen LogP contribution in [0.5, 0.6) is 0 Å². The van der Waals surface area contributed by atoms with Crippen LogP contribution in [0.2, 0.25) is 0 Å². The third kappa shape index (κ3) is 11.5. The lowest BCUT2D eigenvalue weighted by Crippen LogP contribution is -2.30. The molecule has 0 fully saturated rings. The lowest BCUT2D eigenvalue weighted by atomic mass is 10.1. The molecule has 0 atom stereocenters. The predicted octanol–water partition coefficient (Wildman–Crippen LogP) is 1.16. The average Bonchev–Trinajstić information content (AvgIpc) is 2.23. The van der Waals surface area contributed by atoms with Gasteiger partial charge in [-0.05, 0) is 25.3 Å². The highest BCUT2D eigenvalue weighted by atomic mass is 16.5. The van der Waals surface area contributed by atoms with Gasteiger partial charge in [-0.15, -0.1) is 0 Å². The van der Waals surface area contributed by atoms with Crippen LogP contribution in [0.25, 0.3) is 0 Å². The molecule has 0 saturated carbocycles. The van der Waals surface area contributed by atoms with E-state index in [2.05, 4.69) is 24.5 Å². The van der Waals surface area contributed by atoms with E-state index in [9.17, 15) is 4.79 Å². The molecule has 16 heavy (non-hydrogen) atoms. The van der Waals surface area contributed by atoms with E-state index in [0.29, 0.717) is 19.6 Å². The zero-order valence-electron chi connectivity index (χ0n) is 10.8. The van der Waals surface area contributed by atoms with Crippen molar-refractivity contribution in [3.63, 3.8) is 0 Å². The maximum absolute atomic E-state index is 11.3. The van der Waals surface area contributed by atoms with Crippen LogP contribution < -0.4 is 10.6 Å². The Labute approximate surface area is 99.1 Å². The summed E-state index contributed by atoms with van der Waals surface area (Å²) in [6, 6.07) is 0. The number of hydrogen-bond acceptors (Lipinski definition) is 3. The van der Waals surface area contributed by atoms with Gasteiger partial charge in [-0.3, -0.25) is 4.79 Å². The van der Waals surface area contributed by atoms with Crippen LogP contribution in [0.15, 0.2) is 0 Å². The van der Waals surface area contributed by atoms with E-state index in [-0.39, 0.29) is 5.91 Å². The first-order valence-electron chi connectivity index (χ1n) is 6.13. The fraction of sp³-hybridized carbons (Fsp3) is 0.917. The van der Waals surface area contributed by atoms with E-state index in [1.807, 2.05) is 0 Å². The van der Waals surface area contributed by atoms with Gasteiger partial charge in [0.05, 0.1) is 6.61 Å². The molecule has 0 bridgehead atoms. The first-order valence-corrected chi connectivity index (χ1v) is 6.13. The summed E-state index contributed by atoms with van der Waals surface area (Å²) in [4.78, 5) is 11.3. The maximum atomic E-state index is 11.3. The largest absolute Gasteiger partial charge is 0.383 e. The van der Waals surface area contributed by atoms with E-state index in [4.69, 9.17) is 4.74 Å². The Kier molecular flexibility index (Phi) is 10.5. The fourth-order valence-electron chi connectivity index (χ4n) is 1.34.